The summed E-state index contributed by atoms with van der Waals surface area (Å²) in [6, 6.07) is 13.8. The van der Waals surface area contributed by atoms with Crippen molar-refractivity contribution < 1.29 is 14.3 Å². The van der Waals surface area contributed by atoms with E-state index in [9.17, 15) is 9.59 Å². The number of amides is 1. The molecule has 0 spiro atoms. The van der Waals surface area contributed by atoms with Crippen molar-refractivity contribution >= 4 is 17.4 Å². The van der Waals surface area contributed by atoms with Crippen LogP contribution in [0.2, 0.25) is 0 Å². The highest BCUT2D eigenvalue weighted by molar-refractivity contribution is 5.94. The average molecular weight is 431 g/mol. The van der Waals surface area contributed by atoms with Gasteiger partial charge in [0.15, 0.2) is 5.78 Å². The van der Waals surface area contributed by atoms with E-state index in [1.165, 1.54) is 0 Å². The fourth-order valence-electron chi connectivity index (χ4n) is 4.42. The second kappa shape index (κ2) is 8.15. The molecule has 1 fully saturated rings. The molecule has 1 saturated heterocycles. The minimum Gasteiger partial charge on any atom is -0.488 e. The van der Waals surface area contributed by atoms with E-state index < -0.39 is 0 Å². The van der Waals surface area contributed by atoms with Crippen molar-refractivity contribution in [3.63, 3.8) is 0 Å². The molecule has 1 aromatic heterocycles. The zero-order valence-electron chi connectivity index (χ0n) is 18.4. The van der Waals surface area contributed by atoms with Gasteiger partial charge in [-0.25, -0.2) is 0 Å². The first-order valence-electron chi connectivity index (χ1n) is 10.9. The monoisotopic (exact) mass is 430 g/mol. The number of rotatable bonds is 4. The molecule has 0 radical (unpaired) electrons. The molecule has 164 valence electrons. The highest BCUT2D eigenvalue weighted by atomic mass is 16.5. The van der Waals surface area contributed by atoms with Crippen molar-refractivity contribution in [1.82, 2.24) is 14.7 Å². The maximum atomic E-state index is 13.1. The summed E-state index contributed by atoms with van der Waals surface area (Å²) < 4.78 is 7.65. The lowest BCUT2D eigenvalue weighted by molar-refractivity contribution is -0.132. The third-order valence-corrected chi connectivity index (χ3v) is 6.24. The van der Waals surface area contributed by atoms with Gasteiger partial charge in [-0.1, -0.05) is 11.6 Å². The third kappa shape index (κ3) is 3.75. The molecule has 3 aromatic rings. The Hall–Kier alpha value is -3.61. The lowest BCUT2D eigenvalue weighted by Gasteiger charge is -2.36. The zero-order valence-corrected chi connectivity index (χ0v) is 18.4. The first-order valence-corrected chi connectivity index (χ1v) is 10.9. The number of hydrogen-bond acceptors (Lipinski definition) is 5. The van der Waals surface area contributed by atoms with Crippen molar-refractivity contribution in [2.75, 3.05) is 31.1 Å². The van der Waals surface area contributed by atoms with Crippen LogP contribution >= 0.6 is 0 Å². The number of ether oxygens (including phenoxy) is 1. The molecular weight excluding hydrogens is 404 g/mol. The summed E-state index contributed by atoms with van der Waals surface area (Å²) in [5.74, 6) is 0.974. The predicted octanol–water partition coefficient (Wildman–Crippen LogP) is 3.30. The molecule has 32 heavy (non-hydrogen) atoms. The quantitative estimate of drug-likeness (QED) is 0.594. The molecule has 2 aromatic carbocycles. The summed E-state index contributed by atoms with van der Waals surface area (Å²) in [7, 11) is 0. The third-order valence-electron chi connectivity index (χ3n) is 6.24. The average Bonchev–Trinajstić information content (AvgIpc) is 3.22. The minimum absolute atomic E-state index is 0.0668. The van der Waals surface area contributed by atoms with Gasteiger partial charge < -0.3 is 14.5 Å². The van der Waals surface area contributed by atoms with Gasteiger partial charge in [0.25, 0.3) is 0 Å². The molecule has 2 aliphatic heterocycles. The van der Waals surface area contributed by atoms with Crippen LogP contribution in [0.1, 0.15) is 28.4 Å². The number of aryl methyl sites for hydroxylation is 1. The van der Waals surface area contributed by atoms with E-state index in [2.05, 4.69) is 16.1 Å². The number of carbonyl (C=O) groups excluding carboxylic acids is 2. The maximum absolute atomic E-state index is 13.1. The summed E-state index contributed by atoms with van der Waals surface area (Å²) in [6.45, 7) is 7.16. The Morgan fingerprint density at radius 2 is 1.78 bits per heavy atom. The van der Waals surface area contributed by atoms with Crippen LogP contribution in [0.15, 0.2) is 48.7 Å². The van der Waals surface area contributed by atoms with Gasteiger partial charge in [-0.05, 0) is 50.2 Å². The molecule has 7 nitrogen and oxygen atoms in total. The van der Waals surface area contributed by atoms with E-state index in [0.717, 1.165) is 46.9 Å². The van der Waals surface area contributed by atoms with Gasteiger partial charge in [0.2, 0.25) is 5.91 Å². The molecule has 0 atom stereocenters. The number of hydrogen-bond donors (Lipinski definition) is 0. The van der Waals surface area contributed by atoms with Gasteiger partial charge in [0, 0.05) is 48.6 Å². The van der Waals surface area contributed by atoms with Crippen LogP contribution < -0.4 is 9.64 Å². The Morgan fingerprint density at radius 1 is 1.03 bits per heavy atom. The van der Waals surface area contributed by atoms with Gasteiger partial charge in [-0.15, -0.1) is 0 Å². The van der Waals surface area contributed by atoms with Crippen LogP contribution in [-0.2, 0) is 17.9 Å². The van der Waals surface area contributed by atoms with Crippen LogP contribution in [0.5, 0.6) is 5.75 Å². The molecule has 1 amide bonds. The maximum Gasteiger partial charge on any atom is 0.244 e. The topological polar surface area (TPSA) is 67.7 Å². The van der Waals surface area contributed by atoms with Gasteiger partial charge in [0.1, 0.15) is 18.9 Å². The van der Waals surface area contributed by atoms with Crippen molar-refractivity contribution in [3.05, 3.63) is 65.4 Å². The number of piperazine rings is 1. The molecular formula is C25H26N4O3. The SMILES string of the molecule is CC(=O)c1ccc(N2CCN(C(=O)Cn3ncc4c3-c3cc(C)ccc3OC4)CC2)cc1. The van der Waals surface area contributed by atoms with Crippen molar-refractivity contribution in [2.45, 2.75) is 27.0 Å². The number of anilines is 1. The van der Waals surface area contributed by atoms with Crippen LogP contribution in [0, 0.1) is 6.92 Å². The summed E-state index contributed by atoms with van der Waals surface area (Å²) in [5.41, 5.74) is 5.92. The van der Waals surface area contributed by atoms with Gasteiger partial charge >= 0.3 is 0 Å². The number of aromatic nitrogens is 2. The Bertz CT molecular complexity index is 1170. The van der Waals surface area contributed by atoms with Crippen molar-refractivity contribution in [2.24, 2.45) is 0 Å². The molecule has 7 heteroatoms. The summed E-state index contributed by atoms with van der Waals surface area (Å²) in [4.78, 5) is 28.7. The minimum atomic E-state index is 0.0668. The Morgan fingerprint density at radius 3 is 2.50 bits per heavy atom. The highest BCUT2D eigenvalue weighted by Crippen LogP contribution is 2.38. The molecule has 0 N–H and O–H groups in total. The first-order chi connectivity index (χ1) is 15.5. The van der Waals surface area contributed by atoms with Gasteiger partial charge in [-0.3, -0.25) is 14.3 Å². The van der Waals surface area contributed by atoms with Crippen molar-refractivity contribution in [1.29, 1.82) is 0 Å². The van der Waals surface area contributed by atoms with E-state index in [1.807, 2.05) is 52.9 Å². The zero-order chi connectivity index (χ0) is 22.2. The van der Waals surface area contributed by atoms with Gasteiger partial charge in [-0.2, -0.15) is 5.10 Å². The number of nitrogens with zero attached hydrogens (tertiary/aromatic N) is 4. The number of benzene rings is 2. The Labute approximate surface area is 187 Å². The lowest BCUT2D eigenvalue weighted by Crippen LogP contribution is -2.49. The van der Waals surface area contributed by atoms with E-state index in [-0.39, 0.29) is 18.2 Å². The molecule has 2 aliphatic rings. The Balaban J connectivity index is 1.26. The fraction of sp³-hybridized carbons (Fsp3) is 0.320. The van der Waals surface area contributed by atoms with Crippen LogP contribution in [0.4, 0.5) is 5.69 Å². The smallest absolute Gasteiger partial charge is 0.244 e. The summed E-state index contributed by atoms with van der Waals surface area (Å²) in [6.07, 6.45) is 1.80. The number of fused-ring (bicyclic) bond motifs is 3. The van der Waals surface area contributed by atoms with E-state index in [0.29, 0.717) is 25.3 Å². The number of ketones is 1. The summed E-state index contributed by atoms with van der Waals surface area (Å²) >= 11 is 0. The predicted molar refractivity (Wildman–Crippen MR) is 122 cm³/mol. The van der Waals surface area contributed by atoms with Crippen LogP contribution in [0.3, 0.4) is 0 Å². The first kappa shape index (κ1) is 20.3. The van der Waals surface area contributed by atoms with Crippen LogP contribution in [-0.4, -0.2) is 52.5 Å². The normalized spacial score (nSPS) is 15.1. The standard InChI is InChI=1S/C25H26N4O3/c1-17-3-8-23-22(13-17)25-20(16-32-23)14-26-29(25)15-24(31)28-11-9-27(10-12-28)21-6-4-19(5-7-21)18(2)30/h3-8,13-14H,9-12,15-16H2,1-2H3. The largest absolute Gasteiger partial charge is 0.488 e. The summed E-state index contributed by atoms with van der Waals surface area (Å²) in [5, 5.41) is 4.50. The lowest BCUT2D eigenvalue weighted by atomic mass is 10.0. The second-order valence-corrected chi connectivity index (χ2v) is 8.44. The van der Waals surface area contributed by atoms with Gasteiger partial charge in [0.05, 0.1) is 11.9 Å². The molecule has 3 heterocycles. The van der Waals surface area contributed by atoms with E-state index in [1.54, 1.807) is 13.1 Å². The van der Waals surface area contributed by atoms with Crippen molar-refractivity contribution in [3.8, 4) is 17.0 Å². The highest BCUT2D eigenvalue weighted by Gasteiger charge is 2.26. The molecule has 0 saturated carbocycles. The Kier molecular flexibility index (Phi) is 5.17. The van der Waals surface area contributed by atoms with Crippen LogP contribution in [0.25, 0.3) is 11.3 Å². The van der Waals surface area contributed by atoms with E-state index in [4.69, 9.17) is 4.74 Å². The molecule has 0 bridgehead atoms. The second-order valence-electron chi connectivity index (χ2n) is 8.44. The number of carbonyl (C=O) groups is 2. The number of Topliss-reactive ketones (excluding diaryl/α,β-unsaturated/α-hetero) is 1. The van der Waals surface area contributed by atoms with E-state index >= 15 is 0 Å². The molecule has 0 aliphatic carbocycles. The fourth-order valence-corrected chi connectivity index (χ4v) is 4.42. The molecule has 0 unspecified atom stereocenters. The molecule has 5 rings (SSSR count).